The summed E-state index contributed by atoms with van der Waals surface area (Å²) >= 11 is 0. The zero-order chi connectivity index (χ0) is 16.4. The van der Waals surface area contributed by atoms with E-state index in [1.807, 2.05) is 24.3 Å². The predicted molar refractivity (Wildman–Crippen MR) is 93.1 cm³/mol. The molecule has 8 heteroatoms. The van der Waals surface area contributed by atoms with Crippen LogP contribution in [0.3, 0.4) is 0 Å². The Morgan fingerprint density at radius 2 is 2.08 bits per heavy atom. The van der Waals surface area contributed by atoms with Crippen molar-refractivity contribution < 1.29 is 13.7 Å². The minimum atomic E-state index is 0. The van der Waals surface area contributed by atoms with Gasteiger partial charge in [0.05, 0.1) is 25.1 Å². The third kappa shape index (κ3) is 3.83. The maximum absolute atomic E-state index is 5.55. The number of aromatic nitrogens is 3. The highest BCUT2D eigenvalue weighted by Crippen LogP contribution is 2.23. The summed E-state index contributed by atoms with van der Waals surface area (Å²) in [5.41, 5.74) is 1.67. The lowest BCUT2D eigenvalue weighted by Crippen LogP contribution is -2.08. The Kier molecular flexibility index (Phi) is 5.35. The van der Waals surface area contributed by atoms with Gasteiger partial charge < -0.3 is 19.0 Å². The van der Waals surface area contributed by atoms with E-state index in [4.69, 9.17) is 13.7 Å². The molecule has 1 N–H and O–H groups in total. The summed E-state index contributed by atoms with van der Waals surface area (Å²) in [7, 11) is 1.64. The number of methoxy groups -OCH3 is 1. The Balaban J connectivity index is 0.00000182. The summed E-state index contributed by atoms with van der Waals surface area (Å²) < 4.78 is 16.1. The van der Waals surface area contributed by atoms with Crippen LogP contribution in [0.4, 0.5) is 0 Å². The van der Waals surface area contributed by atoms with E-state index in [0.29, 0.717) is 29.9 Å². The van der Waals surface area contributed by atoms with Gasteiger partial charge in [0.2, 0.25) is 11.8 Å². The van der Waals surface area contributed by atoms with Crippen molar-refractivity contribution in [2.24, 2.45) is 0 Å². The minimum absolute atomic E-state index is 0. The van der Waals surface area contributed by atoms with Crippen molar-refractivity contribution >= 4 is 12.4 Å². The molecule has 3 aromatic rings. The number of benzene rings is 1. The number of ether oxygens (including phenoxy) is 1. The first kappa shape index (κ1) is 17.4. The third-order valence-electron chi connectivity index (χ3n) is 4.12. The third-order valence-corrected chi connectivity index (χ3v) is 4.12. The second-order valence-electron chi connectivity index (χ2n) is 5.79. The molecule has 1 saturated heterocycles. The molecule has 25 heavy (non-hydrogen) atoms. The van der Waals surface area contributed by atoms with Crippen molar-refractivity contribution in [3.8, 4) is 17.2 Å². The van der Waals surface area contributed by atoms with Crippen molar-refractivity contribution in [2.45, 2.75) is 18.8 Å². The molecule has 3 heterocycles. The molecule has 1 atom stereocenters. The minimum Gasteiger partial charge on any atom is -0.497 e. The molecule has 7 nitrogen and oxygen atoms in total. The van der Waals surface area contributed by atoms with Crippen LogP contribution in [-0.4, -0.2) is 35.3 Å². The van der Waals surface area contributed by atoms with Gasteiger partial charge in [-0.1, -0.05) is 5.16 Å². The van der Waals surface area contributed by atoms with Gasteiger partial charge in [0.1, 0.15) is 12.0 Å². The van der Waals surface area contributed by atoms with E-state index in [-0.39, 0.29) is 12.4 Å². The summed E-state index contributed by atoms with van der Waals surface area (Å²) in [4.78, 5) is 8.97. The highest BCUT2D eigenvalue weighted by molar-refractivity contribution is 5.85. The van der Waals surface area contributed by atoms with Gasteiger partial charge >= 0.3 is 0 Å². The Labute approximate surface area is 151 Å². The molecule has 4 rings (SSSR count). The van der Waals surface area contributed by atoms with Crippen LogP contribution < -0.4 is 10.1 Å². The van der Waals surface area contributed by atoms with Gasteiger partial charge in [-0.3, -0.25) is 0 Å². The fraction of sp³-hybridized carbons (Fsp3) is 0.353. The van der Waals surface area contributed by atoms with Crippen LogP contribution in [0.15, 0.2) is 39.5 Å². The summed E-state index contributed by atoms with van der Waals surface area (Å²) in [5, 5.41) is 7.34. The van der Waals surface area contributed by atoms with Crippen LogP contribution in [0, 0.1) is 0 Å². The van der Waals surface area contributed by atoms with Crippen LogP contribution in [0.25, 0.3) is 11.5 Å². The van der Waals surface area contributed by atoms with Crippen LogP contribution in [0.5, 0.6) is 5.75 Å². The molecule has 0 spiro atoms. The predicted octanol–water partition coefficient (Wildman–Crippen LogP) is 2.82. The van der Waals surface area contributed by atoms with Crippen LogP contribution in [0.2, 0.25) is 0 Å². The maximum Gasteiger partial charge on any atom is 0.231 e. The van der Waals surface area contributed by atoms with Crippen molar-refractivity contribution in [2.75, 3.05) is 20.2 Å². The number of halogens is 1. The lowest BCUT2D eigenvalue weighted by atomic mass is 10.1. The van der Waals surface area contributed by atoms with Gasteiger partial charge in [0.15, 0.2) is 5.82 Å². The van der Waals surface area contributed by atoms with E-state index in [0.717, 1.165) is 36.5 Å². The molecule has 1 fully saturated rings. The number of hydrogen-bond donors (Lipinski definition) is 1. The van der Waals surface area contributed by atoms with Gasteiger partial charge in [0.25, 0.3) is 0 Å². The van der Waals surface area contributed by atoms with Gasteiger partial charge in [-0.25, -0.2) is 4.98 Å². The molecule has 1 aliphatic rings. The molecule has 0 amide bonds. The van der Waals surface area contributed by atoms with Gasteiger partial charge in [-0.05, 0) is 37.2 Å². The van der Waals surface area contributed by atoms with Crippen LogP contribution in [-0.2, 0) is 6.42 Å². The fourth-order valence-electron chi connectivity index (χ4n) is 2.79. The molecular formula is C17H19ClN4O3. The van der Waals surface area contributed by atoms with Crippen LogP contribution in [0.1, 0.15) is 29.7 Å². The first-order valence-electron chi connectivity index (χ1n) is 7.94. The molecule has 0 unspecified atom stereocenters. The molecule has 0 bridgehead atoms. The second kappa shape index (κ2) is 7.67. The SMILES string of the molecule is COc1ccc(-c2nc(Cc3noc([C@H]4CCNC4)n3)co2)cc1.Cl. The summed E-state index contributed by atoms with van der Waals surface area (Å²) in [6, 6.07) is 7.57. The van der Waals surface area contributed by atoms with E-state index >= 15 is 0 Å². The first-order valence-corrected chi connectivity index (χ1v) is 7.94. The molecule has 0 saturated carbocycles. The molecule has 0 radical (unpaired) electrons. The summed E-state index contributed by atoms with van der Waals surface area (Å²) in [5.74, 6) is 3.02. The normalized spacial score (nSPS) is 16.6. The van der Waals surface area contributed by atoms with Crippen molar-refractivity contribution in [3.63, 3.8) is 0 Å². The quantitative estimate of drug-likeness (QED) is 0.746. The number of oxazole rings is 1. The summed E-state index contributed by atoms with van der Waals surface area (Å²) in [6.45, 7) is 1.89. The number of hydrogen-bond acceptors (Lipinski definition) is 7. The Morgan fingerprint density at radius 3 is 2.80 bits per heavy atom. The van der Waals surface area contributed by atoms with Crippen molar-refractivity contribution in [1.29, 1.82) is 0 Å². The second-order valence-corrected chi connectivity index (χ2v) is 5.79. The average molecular weight is 363 g/mol. The lowest BCUT2D eigenvalue weighted by molar-refractivity contribution is 0.355. The number of nitrogens with zero attached hydrogens (tertiary/aromatic N) is 3. The largest absolute Gasteiger partial charge is 0.497 e. The Morgan fingerprint density at radius 1 is 1.24 bits per heavy atom. The molecule has 2 aromatic heterocycles. The number of nitrogens with one attached hydrogen (secondary N) is 1. The van der Waals surface area contributed by atoms with Crippen LogP contribution >= 0.6 is 12.4 Å². The average Bonchev–Trinajstić information content (AvgIpc) is 3.37. The molecule has 1 aliphatic heterocycles. The Hall–Kier alpha value is -2.38. The lowest BCUT2D eigenvalue weighted by Gasteiger charge is -1.99. The zero-order valence-electron chi connectivity index (χ0n) is 13.8. The van der Waals surface area contributed by atoms with E-state index in [2.05, 4.69) is 20.4 Å². The van der Waals surface area contributed by atoms with Crippen molar-refractivity contribution in [3.05, 3.63) is 47.9 Å². The highest BCUT2D eigenvalue weighted by atomic mass is 35.5. The molecule has 0 aliphatic carbocycles. The standard InChI is InChI=1S/C17H18N4O3.ClH/c1-22-14-4-2-11(3-5-14)16-19-13(10-23-16)8-15-20-17(24-21-15)12-6-7-18-9-12;/h2-5,10,12,18H,6-9H2,1H3;1H/t12-;/m0./s1. The summed E-state index contributed by atoms with van der Waals surface area (Å²) in [6.07, 6.45) is 3.16. The highest BCUT2D eigenvalue weighted by Gasteiger charge is 2.23. The smallest absolute Gasteiger partial charge is 0.231 e. The first-order chi connectivity index (χ1) is 11.8. The van der Waals surface area contributed by atoms with E-state index in [9.17, 15) is 0 Å². The van der Waals surface area contributed by atoms with E-state index in [1.54, 1.807) is 13.4 Å². The van der Waals surface area contributed by atoms with Gasteiger partial charge in [-0.15, -0.1) is 12.4 Å². The molecular weight excluding hydrogens is 344 g/mol. The monoisotopic (exact) mass is 362 g/mol. The topological polar surface area (TPSA) is 86.2 Å². The van der Waals surface area contributed by atoms with Gasteiger partial charge in [-0.2, -0.15) is 4.98 Å². The van der Waals surface area contributed by atoms with E-state index < -0.39 is 0 Å². The maximum atomic E-state index is 5.55. The fourth-order valence-corrected chi connectivity index (χ4v) is 2.79. The number of rotatable bonds is 5. The molecule has 132 valence electrons. The van der Waals surface area contributed by atoms with Crippen molar-refractivity contribution in [1.82, 2.24) is 20.4 Å². The molecule has 1 aromatic carbocycles. The Bertz CT molecular complexity index is 809. The zero-order valence-corrected chi connectivity index (χ0v) is 14.6. The van der Waals surface area contributed by atoms with E-state index in [1.165, 1.54) is 0 Å². The van der Waals surface area contributed by atoms with Gasteiger partial charge in [0, 0.05) is 12.1 Å².